The summed E-state index contributed by atoms with van der Waals surface area (Å²) in [5, 5.41) is 31.1. The summed E-state index contributed by atoms with van der Waals surface area (Å²) in [4.78, 5) is 12.7. The Morgan fingerprint density at radius 1 is 0.947 bits per heavy atom. The van der Waals surface area contributed by atoms with Crippen LogP contribution in [-0.2, 0) is 27.2 Å². The molecule has 0 spiro atoms. The number of aliphatic hydroxyl groups is 1. The highest BCUT2D eigenvalue weighted by atomic mass is 32.2. The number of rotatable bonds is 7. The molecule has 0 unspecified atom stereocenters. The highest BCUT2D eigenvalue weighted by molar-refractivity contribution is 7.91. The number of halogens is 5. The van der Waals surface area contributed by atoms with Crippen molar-refractivity contribution in [2.24, 2.45) is 0 Å². The zero-order valence-electron chi connectivity index (χ0n) is 19.1. The van der Waals surface area contributed by atoms with Gasteiger partial charge in [0.25, 0.3) is 5.91 Å². The lowest BCUT2D eigenvalue weighted by atomic mass is 9.94. The van der Waals surface area contributed by atoms with Crippen molar-refractivity contribution < 1.29 is 40.3 Å². The van der Waals surface area contributed by atoms with E-state index in [0.717, 1.165) is 54.6 Å². The van der Waals surface area contributed by atoms with Gasteiger partial charge in [-0.25, -0.2) is 17.2 Å². The van der Waals surface area contributed by atoms with E-state index in [0.29, 0.717) is 6.07 Å². The number of nitriles is 2. The SMILES string of the molecule is N#Cc1ccc(C[C@](O)(CS(=O)(=O)c2ccc(F)cc2)C(=O)Nc2ccc(C#N)c(C(F)(F)F)c2)c(F)c1. The van der Waals surface area contributed by atoms with E-state index in [-0.39, 0.29) is 11.1 Å². The molecule has 0 saturated carbocycles. The fourth-order valence-corrected chi connectivity index (χ4v) is 5.09. The molecular formula is C25H16F5N3O4S. The predicted molar refractivity (Wildman–Crippen MR) is 123 cm³/mol. The Balaban J connectivity index is 2.04. The minimum absolute atomic E-state index is 0.101. The summed E-state index contributed by atoms with van der Waals surface area (Å²) in [5.41, 5.74) is -6.08. The number of anilines is 1. The second-order valence-electron chi connectivity index (χ2n) is 8.16. The number of nitrogens with zero attached hydrogens (tertiary/aromatic N) is 2. The maximum Gasteiger partial charge on any atom is 0.417 e. The van der Waals surface area contributed by atoms with Crippen LogP contribution >= 0.6 is 0 Å². The van der Waals surface area contributed by atoms with Gasteiger partial charge in [-0.3, -0.25) is 4.79 Å². The van der Waals surface area contributed by atoms with E-state index >= 15 is 0 Å². The first-order chi connectivity index (χ1) is 17.7. The summed E-state index contributed by atoms with van der Waals surface area (Å²) < 4.78 is 93.8. The Kier molecular flexibility index (Phi) is 7.86. The van der Waals surface area contributed by atoms with E-state index in [4.69, 9.17) is 10.5 Å². The van der Waals surface area contributed by atoms with Gasteiger partial charge in [0, 0.05) is 12.1 Å². The van der Waals surface area contributed by atoms with Crippen LogP contribution in [0.4, 0.5) is 27.6 Å². The zero-order chi connectivity index (χ0) is 28.3. The minimum atomic E-state index is -4.97. The van der Waals surface area contributed by atoms with Gasteiger partial charge in [-0.2, -0.15) is 23.7 Å². The Morgan fingerprint density at radius 2 is 1.61 bits per heavy atom. The van der Waals surface area contributed by atoms with Gasteiger partial charge in [0.1, 0.15) is 11.6 Å². The van der Waals surface area contributed by atoms with Crippen LogP contribution in [0.15, 0.2) is 65.6 Å². The van der Waals surface area contributed by atoms with Crippen LogP contribution < -0.4 is 5.32 Å². The molecule has 1 atom stereocenters. The standard InChI is InChI=1S/C25H16F5N3O4S/c26-18-4-7-20(8-5-18)38(36,37)14-24(35,11-16-2-1-15(12-31)9-22(16)27)23(34)33-19-6-3-17(13-32)21(10-19)25(28,29)30/h1-10,35H,11,14H2,(H,33,34)/t24-/m0/s1. The highest BCUT2D eigenvalue weighted by Crippen LogP contribution is 2.34. The third kappa shape index (κ3) is 6.32. The lowest BCUT2D eigenvalue weighted by Gasteiger charge is -2.27. The quantitative estimate of drug-likeness (QED) is 0.337. The molecule has 7 nitrogen and oxygen atoms in total. The molecule has 1 amide bonds. The largest absolute Gasteiger partial charge is 0.417 e. The summed E-state index contributed by atoms with van der Waals surface area (Å²) in [6, 6.07) is 11.6. The Bertz CT molecular complexity index is 1580. The molecule has 0 bridgehead atoms. The fraction of sp³-hybridized carbons (Fsp3) is 0.160. The van der Waals surface area contributed by atoms with Crippen LogP contribution in [0, 0.1) is 34.3 Å². The molecule has 0 fully saturated rings. The number of carbonyl (C=O) groups excluding carboxylic acids is 1. The van der Waals surface area contributed by atoms with E-state index < -0.39 is 73.0 Å². The van der Waals surface area contributed by atoms with Gasteiger partial charge >= 0.3 is 6.18 Å². The summed E-state index contributed by atoms with van der Waals surface area (Å²) in [5.74, 6) is -4.67. The van der Waals surface area contributed by atoms with Crippen molar-refractivity contribution in [1.82, 2.24) is 0 Å². The molecule has 0 radical (unpaired) electrons. The Hall–Kier alpha value is -4.33. The maximum absolute atomic E-state index is 14.6. The summed E-state index contributed by atoms with van der Waals surface area (Å²) in [6.07, 6.45) is -5.93. The van der Waals surface area contributed by atoms with Crippen molar-refractivity contribution in [3.8, 4) is 12.1 Å². The van der Waals surface area contributed by atoms with Gasteiger partial charge in [0.05, 0.1) is 39.5 Å². The number of hydrogen-bond acceptors (Lipinski definition) is 6. The third-order valence-electron chi connectivity index (χ3n) is 5.39. The molecule has 0 aliphatic rings. The van der Waals surface area contributed by atoms with E-state index in [1.54, 1.807) is 6.07 Å². The van der Waals surface area contributed by atoms with E-state index in [2.05, 4.69) is 0 Å². The van der Waals surface area contributed by atoms with Gasteiger partial charge in [-0.1, -0.05) is 6.07 Å². The fourth-order valence-electron chi connectivity index (χ4n) is 3.51. The second-order valence-corrected chi connectivity index (χ2v) is 10.2. The van der Waals surface area contributed by atoms with Gasteiger partial charge in [0.15, 0.2) is 15.4 Å². The number of carbonyl (C=O) groups is 1. The first kappa shape index (κ1) is 28.2. The van der Waals surface area contributed by atoms with Crippen LogP contribution in [0.5, 0.6) is 0 Å². The molecule has 3 aromatic rings. The number of benzene rings is 3. The van der Waals surface area contributed by atoms with Crippen molar-refractivity contribution in [3.63, 3.8) is 0 Å². The molecular weight excluding hydrogens is 533 g/mol. The zero-order valence-corrected chi connectivity index (χ0v) is 19.9. The molecule has 0 aliphatic heterocycles. The van der Waals surface area contributed by atoms with Crippen molar-refractivity contribution >= 4 is 21.4 Å². The molecule has 3 aromatic carbocycles. The number of nitrogens with one attached hydrogen (secondary N) is 1. The Labute approximate surface area is 213 Å². The Morgan fingerprint density at radius 3 is 2.16 bits per heavy atom. The van der Waals surface area contributed by atoms with Gasteiger partial charge in [-0.05, 0) is 60.2 Å². The summed E-state index contributed by atoms with van der Waals surface area (Å²) in [7, 11) is -4.54. The summed E-state index contributed by atoms with van der Waals surface area (Å²) >= 11 is 0. The monoisotopic (exact) mass is 549 g/mol. The molecule has 0 saturated heterocycles. The lowest BCUT2D eigenvalue weighted by Crippen LogP contribution is -2.50. The third-order valence-corrected chi connectivity index (χ3v) is 7.24. The van der Waals surface area contributed by atoms with Gasteiger partial charge in [-0.15, -0.1) is 0 Å². The van der Waals surface area contributed by atoms with E-state index in [1.165, 1.54) is 6.07 Å². The second kappa shape index (κ2) is 10.6. The van der Waals surface area contributed by atoms with Crippen LogP contribution in [0.3, 0.4) is 0 Å². The van der Waals surface area contributed by atoms with Crippen molar-refractivity contribution in [1.29, 1.82) is 10.5 Å². The first-order valence-electron chi connectivity index (χ1n) is 10.5. The molecule has 0 aliphatic carbocycles. The minimum Gasteiger partial charge on any atom is -0.379 e. The average molecular weight is 549 g/mol. The average Bonchev–Trinajstić information content (AvgIpc) is 2.84. The molecule has 196 valence electrons. The lowest BCUT2D eigenvalue weighted by molar-refractivity contribution is -0.138. The van der Waals surface area contributed by atoms with Crippen molar-refractivity contribution in [2.45, 2.75) is 23.1 Å². The topological polar surface area (TPSA) is 131 Å². The predicted octanol–water partition coefficient (Wildman–Crippen LogP) is 4.11. The number of sulfone groups is 1. The number of amides is 1. The smallest absolute Gasteiger partial charge is 0.379 e. The van der Waals surface area contributed by atoms with Crippen molar-refractivity contribution in [2.75, 3.05) is 11.1 Å². The highest BCUT2D eigenvalue weighted by Gasteiger charge is 2.42. The van der Waals surface area contributed by atoms with E-state index in [9.17, 15) is 40.3 Å². The molecule has 0 heterocycles. The van der Waals surface area contributed by atoms with Crippen LogP contribution in [0.25, 0.3) is 0 Å². The van der Waals surface area contributed by atoms with Gasteiger partial charge < -0.3 is 10.4 Å². The van der Waals surface area contributed by atoms with Gasteiger partial charge in [0.2, 0.25) is 0 Å². The van der Waals surface area contributed by atoms with Crippen LogP contribution in [0.1, 0.15) is 22.3 Å². The molecule has 38 heavy (non-hydrogen) atoms. The first-order valence-corrected chi connectivity index (χ1v) is 12.2. The van der Waals surface area contributed by atoms with Crippen LogP contribution in [-0.4, -0.2) is 30.8 Å². The summed E-state index contributed by atoms with van der Waals surface area (Å²) in [6.45, 7) is 0. The molecule has 13 heteroatoms. The molecule has 0 aromatic heterocycles. The number of hydrogen-bond donors (Lipinski definition) is 2. The van der Waals surface area contributed by atoms with Crippen molar-refractivity contribution in [3.05, 3.63) is 94.6 Å². The molecule has 2 N–H and O–H groups in total. The van der Waals surface area contributed by atoms with E-state index in [1.807, 2.05) is 5.32 Å². The molecule has 3 rings (SSSR count). The maximum atomic E-state index is 14.6. The normalized spacial score (nSPS) is 13.2. The van der Waals surface area contributed by atoms with Crippen LogP contribution in [0.2, 0.25) is 0 Å². The number of alkyl halides is 3.